The number of rotatable bonds is 7. The molecule has 6 nitrogen and oxygen atoms in total. The Morgan fingerprint density at radius 3 is 2.22 bits per heavy atom. The van der Waals surface area contributed by atoms with Crippen LogP contribution in [0.15, 0.2) is 42.5 Å². The lowest BCUT2D eigenvalue weighted by Crippen LogP contribution is -2.28. The maximum absolute atomic E-state index is 12.0. The smallest absolute Gasteiger partial charge is 0.255 e. The number of hydrogen-bond donors (Lipinski definition) is 2. The van der Waals surface area contributed by atoms with E-state index in [0.717, 1.165) is 5.75 Å². The number of phenols is 1. The van der Waals surface area contributed by atoms with Crippen LogP contribution < -0.4 is 19.5 Å². The summed E-state index contributed by atoms with van der Waals surface area (Å²) in [4.78, 5) is 12.0. The van der Waals surface area contributed by atoms with E-state index < -0.39 is 0 Å². The van der Waals surface area contributed by atoms with E-state index >= 15 is 0 Å². The fourth-order valence-corrected chi connectivity index (χ4v) is 1.93. The quantitative estimate of drug-likeness (QED) is 0.766. The first-order chi connectivity index (χ1) is 11.1. The Bertz CT molecular complexity index is 655. The Morgan fingerprint density at radius 1 is 1.00 bits per heavy atom. The third-order valence-electron chi connectivity index (χ3n) is 3.17. The molecule has 0 aliphatic heterocycles. The van der Waals surface area contributed by atoms with E-state index in [1.807, 2.05) is 0 Å². The topological polar surface area (TPSA) is 77.0 Å². The summed E-state index contributed by atoms with van der Waals surface area (Å²) in [5.41, 5.74) is 0.190. The molecule has 0 radical (unpaired) electrons. The number of methoxy groups -OCH3 is 2. The van der Waals surface area contributed by atoms with Crippen LogP contribution in [0.25, 0.3) is 0 Å². The summed E-state index contributed by atoms with van der Waals surface area (Å²) < 4.78 is 15.5. The number of carbonyl (C=O) groups excluding carboxylic acids is 1. The lowest BCUT2D eigenvalue weighted by molar-refractivity contribution is 0.0944. The normalized spacial score (nSPS) is 10.0. The Hall–Kier alpha value is -2.89. The molecule has 0 aliphatic rings. The molecular weight excluding hydrogens is 298 g/mol. The van der Waals surface area contributed by atoms with Crippen molar-refractivity contribution in [2.24, 2.45) is 0 Å². The van der Waals surface area contributed by atoms with Crippen molar-refractivity contribution >= 4 is 5.91 Å². The van der Waals surface area contributed by atoms with Gasteiger partial charge in [-0.1, -0.05) is 0 Å². The van der Waals surface area contributed by atoms with Crippen molar-refractivity contribution in [1.82, 2.24) is 5.32 Å². The average molecular weight is 317 g/mol. The molecule has 0 bridgehead atoms. The molecule has 0 spiro atoms. The van der Waals surface area contributed by atoms with Crippen LogP contribution in [-0.4, -0.2) is 38.4 Å². The van der Waals surface area contributed by atoms with Crippen LogP contribution in [0.3, 0.4) is 0 Å². The van der Waals surface area contributed by atoms with E-state index in [1.165, 1.54) is 19.2 Å². The summed E-state index contributed by atoms with van der Waals surface area (Å²) in [6, 6.07) is 11.7. The summed E-state index contributed by atoms with van der Waals surface area (Å²) in [6.45, 7) is 0.630. The summed E-state index contributed by atoms with van der Waals surface area (Å²) in [5, 5.41) is 12.5. The van der Waals surface area contributed by atoms with Gasteiger partial charge in [-0.2, -0.15) is 0 Å². The Labute approximate surface area is 134 Å². The number of ether oxygens (including phenoxy) is 3. The highest BCUT2D eigenvalue weighted by atomic mass is 16.5. The lowest BCUT2D eigenvalue weighted by atomic mass is 10.2. The standard InChI is InChI=1S/C17H19NO5/c1-21-12-3-5-13(6-4-12)23-10-9-18-17(20)15-8-7-14(22-2)11-16(15)19/h3-8,11,19H,9-10H2,1-2H3,(H,18,20). The predicted octanol–water partition coefficient (Wildman–Crippen LogP) is 2.22. The SMILES string of the molecule is COc1ccc(OCCNC(=O)c2ccc(OC)cc2O)cc1. The van der Waals surface area contributed by atoms with Gasteiger partial charge in [0.15, 0.2) is 0 Å². The van der Waals surface area contributed by atoms with E-state index in [-0.39, 0.29) is 17.2 Å². The molecule has 0 heterocycles. The fraction of sp³-hybridized carbons (Fsp3) is 0.235. The predicted molar refractivity (Wildman–Crippen MR) is 85.5 cm³/mol. The zero-order valence-corrected chi connectivity index (χ0v) is 13.0. The molecule has 0 saturated carbocycles. The van der Waals surface area contributed by atoms with Crippen molar-refractivity contribution in [3.63, 3.8) is 0 Å². The third kappa shape index (κ3) is 4.54. The van der Waals surface area contributed by atoms with E-state index in [0.29, 0.717) is 24.7 Å². The first kappa shape index (κ1) is 16.5. The van der Waals surface area contributed by atoms with Crippen LogP contribution in [0.1, 0.15) is 10.4 Å². The molecule has 2 aromatic rings. The highest BCUT2D eigenvalue weighted by Crippen LogP contribution is 2.23. The van der Waals surface area contributed by atoms with E-state index in [1.54, 1.807) is 37.4 Å². The maximum Gasteiger partial charge on any atom is 0.255 e. The monoisotopic (exact) mass is 317 g/mol. The molecule has 1 amide bonds. The first-order valence-electron chi connectivity index (χ1n) is 7.06. The minimum absolute atomic E-state index is 0.127. The number of amides is 1. The van der Waals surface area contributed by atoms with Gasteiger partial charge in [-0.3, -0.25) is 4.79 Å². The highest BCUT2D eigenvalue weighted by Gasteiger charge is 2.11. The number of aromatic hydroxyl groups is 1. The fourth-order valence-electron chi connectivity index (χ4n) is 1.93. The summed E-state index contributed by atoms with van der Waals surface area (Å²) >= 11 is 0. The summed E-state index contributed by atoms with van der Waals surface area (Å²) in [7, 11) is 3.09. The lowest BCUT2D eigenvalue weighted by Gasteiger charge is -2.10. The molecule has 0 fully saturated rings. The van der Waals surface area contributed by atoms with Gasteiger partial charge >= 0.3 is 0 Å². The van der Waals surface area contributed by atoms with Crippen molar-refractivity contribution < 1.29 is 24.1 Å². The molecule has 0 aliphatic carbocycles. The van der Waals surface area contributed by atoms with Crippen LogP contribution in [0.4, 0.5) is 0 Å². The van der Waals surface area contributed by atoms with Crippen molar-refractivity contribution in [1.29, 1.82) is 0 Å². The third-order valence-corrected chi connectivity index (χ3v) is 3.17. The van der Waals surface area contributed by atoms with E-state index in [9.17, 15) is 9.90 Å². The second-order valence-corrected chi connectivity index (χ2v) is 4.66. The van der Waals surface area contributed by atoms with Crippen LogP contribution in [-0.2, 0) is 0 Å². The average Bonchev–Trinajstić information content (AvgIpc) is 2.58. The zero-order chi connectivity index (χ0) is 16.7. The molecular formula is C17H19NO5. The number of carbonyl (C=O) groups is 1. The summed E-state index contributed by atoms with van der Waals surface area (Å²) in [6.07, 6.45) is 0. The second-order valence-electron chi connectivity index (χ2n) is 4.66. The van der Waals surface area contributed by atoms with Crippen molar-refractivity contribution in [3.05, 3.63) is 48.0 Å². The van der Waals surface area contributed by atoms with Gasteiger partial charge in [-0.05, 0) is 36.4 Å². The number of hydrogen-bond acceptors (Lipinski definition) is 5. The largest absolute Gasteiger partial charge is 0.507 e. The van der Waals surface area contributed by atoms with Crippen LogP contribution in [0.2, 0.25) is 0 Å². The molecule has 23 heavy (non-hydrogen) atoms. The van der Waals surface area contributed by atoms with Crippen LogP contribution >= 0.6 is 0 Å². The van der Waals surface area contributed by atoms with Gasteiger partial charge in [0, 0.05) is 6.07 Å². The molecule has 6 heteroatoms. The molecule has 0 unspecified atom stereocenters. The molecule has 0 saturated heterocycles. The molecule has 2 aromatic carbocycles. The first-order valence-corrected chi connectivity index (χ1v) is 7.06. The van der Waals surface area contributed by atoms with Gasteiger partial charge in [0.1, 0.15) is 29.6 Å². The number of nitrogens with one attached hydrogen (secondary N) is 1. The second kappa shape index (κ2) is 7.93. The number of benzene rings is 2. The number of phenolic OH excluding ortho intramolecular Hbond substituents is 1. The Morgan fingerprint density at radius 2 is 1.61 bits per heavy atom. The Balaban J connectivity index is 1.80. The highest BCUT2D eigenvalue weighted by molar-refractivity contribution is 5.96. The van der Waals surface area contributed by atoms with Gasteiger partial charge in [0.05, 0.1) is 26.3 Å². The van der Waals surface area contributed by atoms with Gasteiger partial charge < -0.3 is 24.6 Å². The van der Waals surface area contributed by atoms with Gasteiger partial charge in [0.25, 0.3) is 5.91 Å². The van der Waals surface area contributed by atoms with Crippen LogP contribution in [0, 0.1) is 0 Å². The van der Waals surface area contributed by atoms with Gasteiger partial charge in [-0.15, -0.1) is 0 Å². The zero-order valence-electron chi connectivity index (χ0n) is 13.0. The van der Waals surface area contributed by atoms with Crippen molar-refractivity contribution in [2.45, 2.75) is 0 Å². The van der Waals surface area contributed by atoms with Gasteiger partial charge in [0.2, 0.25) is 0 Å². The maximum atomic E-state index is 12.0. The van der Waals surface area contributed by atoms with Crippen molar-refractivity contribution in [3.8, 4) is 23.0 Å². The van der Waals surface area contributed by atoms with E-state index in [4.69, 9.17) is 14.2 Å². The molecule has 2 N–H and O–H groups in total. The molecule has 2 rings (SSSR count). The summed E-state index contributed by atoms with van der Waals surface area (Å²) in [5.74, 6) is 1.43. The van der Waals surface area contributed by atoms with Gasteiger partial charge in [-0.25, -0.2) is 0 Å². The van der Waals surface area contributed by atoms with Crippen LogP contribution in [0.5, 0.6) is 23.0 Å². The molecule has 0 atom stereocenters. The minimum Gasteiger partial charge on any atom is -0.507 e. The molecule has 122 valence electrons. The Kier molecular flexibility index (Phi) is 5.68. The van der Waals surface area contributed by atoms with E-state index in [2.05, 4.69) is 5.32 Å². The minimum atomic E-state index is -0.372. The van der Waals surface area contributed by atoms with Crippen molar-refractivity contribution in [2.75, 3.05) is 27.4 Å². The molecule has 0 aromatic heterocycles.